The van der Waals surface area contributed by atoms with E-state index in [0.29, 0.717) is 4.60 Å². The molecule has 0 radical (unpaired) electrons. The summed E-state index contributed by atoms with van der Waals surface area (Å²) >= 11 is 3.24. The van der Waals surface area contributed by atoms with Gasteiger partial charge in [0.05, 0.1) is 5.52 Å². The predicted molar refractivity (Wildman–Crippen MR) is 48.9 cm³/mol. The van der Waals surface area contributed by atoms with E-state index < -0.39 is 0 Å². The molecule has 3 nitrogen and oxygen atoms in total. The van der Waals surface area contributed by atoms with Crippen LogP contribution in [0.2, 0.25) is 0 Å². The van der Waals surface area contributed by atoms with Crippen LogP contribution in [-0.2, 0) is 0 Å². The number of hydrogen-bond donors (Lipinski definition) is 1. The summed E-state index contributed by atoms with van der Waals surface area (Å²) in [6.07, 6.45) is 0. The summed E-state index contributed by atoms with van der Waals surface area (Å²) in [5.41, 5.74) is 0.733. The van der Waals surface area contributed by atoms with E-state index in [1.807, 2.05) is 24.3 Å². The van der Waals surface area contributed by atoms with Crippen LogP contribution in [0.1, 0.15) is 0 Å². The number of benzene rings is 1. The van der Waals surface area contributed by atoms with E-state index in [9.17, 15) is 0 Å². The number of fused-ring (bicyclic) bond motifs is 1. The lowest BCUT2D eigenvalue weighted by Crippen LogP contribution is -1.84. The van der Waals surface area contributed by atoms with E-state index in [4.69, 9.17) is 5.11 Å². The first-order valence-electron chi connectivity index (χ1n) is 3.38. The zero-order chi connectivity index (χ0) is 8.55. The van der Waals surface area contributed by atoms with Crippen LogP contribution in [0.25, 0.3) is 10.9 Å². The van der Waals surface area contributed by atoms with Gasteiger partial charge in [-0.15, -0.1) is 0 Å². The van der Waals surface area contributed by atoms with Gasteiger partial charge >= 0.3 is 6.01 Å². The number of rotatable bonds is 0. The minimum absolute atomic E-state index is 0.208. The van der Waals surface area contributed by atoms with Crippen LogP contribution in [0.4, 0.5) is 0 Å². The Balaban J connectivity index is 2.89. The number of nitrogens with zero attached hydrogens (tertiary/aromatic N) is 2. The fourth-order valence-electron chi connectivity index (χ4n) is 1.03. The van der Waals surface area contributed by atoms with Crippen molar-refractivity contribution in [1.29, 1.82) is 0 Å². The first-order chi connectivity index (χ1) is 5.77. The summed E-state index contributed by atoms with van der Waals surface area (Å²) in [7, 11) is 0. The maximum Gasteiger partial charge on any atom is 0.315 e. The van der Waals surface area contributed by atoms with Gasteiger partial charge in [-0.1, -0.05) is 18.2 Å². The summed E-state index contributed by atoms with van der Waals surface area (Å²) in [4.78, 5) is 7.61. The molecule has 1 heterocycles. The van der Waals surface area contributed by atoms with E-state index in [0.717, 1.165) is 10.9 Å². The average molecular weight is 225 g/mol. The third-order valence-electron chi connectivity index (χ3n) is 1.54. The van der Waals surface area contributed by atoms with E-state index in [1.54, 1.807) is 0 Å². The van der Waals surface area contributed by atoms with Crippen molar-refractivity contribution in [2.75, 3.05) is 0 Å². The molecule has 0 bridgehead atoms. The van der Waals surface area contributed by atoms with E-state index in [2.05, 4.69) is 25.9 Å². The van der Waals surface area contributed by atoms with Gasteiger partial charge in [0.15, 0.2) is 0 Å². The van der Waals surface area contributed by atoms with Gasteiger partial charge in [-0.3, -0.25) is 0 Å². The van der Waals surface area contributed by atoms with Crippen molar-refractivity contribution >= 4 is 26.8 Å². The second-order valence-corrected chi connectivity index (χ2v) is 3.08. The zero-order valence-corrected chi connectivity index (χ0v) is 7.62. The maximum absolute atomic E-state index is 9.06. The van der Waals surface area contributed by atoms with E-state index >= 15 is 0 Å². The summed E-state index contributed by atoms with van der Waals surface area (Å²) in [6, 6.07) is 7.26. The standard InChI is InChI=1S/C8H5BrN2O/c9-7-5-3-1-2-4-6(5)10-8(12)11-7/h1-4H,(H,10,11,12). The van der Waals surface area contributed by atoms with Gasteiger partial charge in [-0.2, -0.15) is 9.97 Å². The molecule has 2 rings (SSSR count). The van der Waals surface area contributed by atoms with Gasteiger partial charge in [-0.25, -0.2) is 0 Å². The first-order valence-corrected chi connectivity index (χ1v) is 4.18. The van der Waals surface area contributed by atoms with Crippen molar-refractivity contribution in [3.63, 3.8) is 0 Å². The van der Waals surface area contributed by atoms with Gasteiger partial charge in [0.2, 0.25) is 0 Å². The molecule has 1 aromatic heterocycles. The Morgan fingerprint density at radius 1 is 1.17 bits per heavy atom. The van der Waals surface area contributed by atoms with Crippen LogP contribution >= 0.6 is 15.9 Å². The average Bonchev–Trinajstić information content (AvgIpc) is 2.04. The van der Waals surface area contributed by atoms with Crippen LogP contribution in [-0.4, -0.2) is 15.1 Å². The molecule has 0 fully saturated rings. The number of para-hydroxylation sites is 1. The summed E-state index contributed by atoms with van der Waals surface area (Å²) < 4.78 is 0.616. The third-order valence-corrected chi connectivity index (χ3v) is 2.15. The predicted octanol–water partition coefficient (Wildman–Crippen LogP) is 2.10. The van der Waals surface area contributed by atoms with Crippen LogP contribution in [0.5, 0.6) is 6.01 Å². The highest BCUT2D eigenvalue weighted by Crippen LogP contribution is 2.21. The largest absolute Gasteiger partial charge is 0.479 e. The highest BCUT2D eigenvalue weighted by Gasteiger charge is 2.01. The molecule has 60 valence electrons. The number of halogens is 1. The van der Waals surface area contributed by atoms with Gasteiger partial charge < -0.3 is 5.11 Å². The Bertz CT molecular complexity index is 430. The molecule has 1 aromatic carbocycles. The Morgan fingerprint density at radius 3 is 2.75 bits per heavy atom. The van der Waals surface area contributed by atoms with Crippen LogP contribution in [0, 0.1) is 0 Å². The van der Waals surface area contributed by atoms with Crippen molar-refractivity contribution in [2.45, 2.75) is 0 Å². The Morgan fingerprint density at radius 2 is 1.92 bits per heavy atom. The zero-order valence-electron chi connectivity index (χ0n) is 6.03. The minimum atomic E-state index is -0.208. The quantitative estimate of drug-likeness (QED) is 0.698. The molecular weight excluding hydrogens is 220 g/mol. The molecule has 4 heteroatoms. The molecule has 12 heavy (non-hydrogen) atoms. The lowest BCUT2D eigenvalue weighted by Gasteiger charge is -1.98. The van der Waals surface area contributed by atoms with Gasteiger partial charge in [0.25, 0.3) is 0 Å². The fraction of sp³-hybridized carbons (Fsp3) is 0. The second-order valence-electron chi connectivity index (χ2n) is 2.33. The minimum Gasteiger partial charge on any atom is -0.479 e. The summed E-state index contributed by atoms with van der Waals surface area (Å²) in [5.74, 6) is 0. The van der Waals surface area contributed by atoms with Gasteiger partial charge in [0.1, 0.15) is 4.60 Å². The molecule has 0 saturated heterocycles. The Kier molecular flexibility index (Phi) is 1.69. The second kappa shape index (κ2) is 2.71. The van der Waals surface area contributed by atoms with Crippen LogP contribution in [0.3, 0.4) is 0 Å². The smallest absolute Gasteiger partial charge is 0.315 e. The highest BCUT2D eigenvalue weighted by atomic mass is 79.9. The maximum atomic E-state index is 9.06. The molecule has 0 spiro atoms. The molecule has 0 unspecified atom stereocenters. The lowest BCUT2D eigenvalue weighted by atomic mass is 10.2. The Labute approximate surface area is 77.2 Å². The molecule has 0 saturated carbocycles. The number of aromatic hydroxyl groups is 1. The Hall–Kier alpha value is -1.16. The number of aromatic nitrogens is 2. The SMILES string of the molecule is Oc1nc(Br)c2ccccc2n1. The topological polar surface area (TPSA) is 46.0 Å². The highest BCUT2D eigenvalue weighted by molar-refractivity contribution is 9.10. The lowest BCUT2D eigenvalue weighted by molar-refractivity contribution is 0.432. The van der Waals surface area contributed by atoms with Crippen LogP contribution in [0.15, 0.2) is 28.9 Å². The molecule has 1 N–H and O–H groups in total. The van der Waals surface area contributed by atoms with Crippen molar-refractivity contribution in [3.8, 4) is 6.01 Å². The van der Waals surface area contributed by atoms with Crippen molar-refractivity contribution in [1.82, 2.24) is 9.97 Å². The molecule has 0 aliphatic heterocycles. The van der Waals surface area contributed by atoms with E-state index in [1.165, 1.54) is 0 Å². The monoisotopic (exact) mass is 224 g/mol. The summed E-state index contributed by atoms with van der Waals surface area (Å²) in [5, 5.41) is 9.96. The third kappa shape index (κ3) is 1.14. The van der Waals surface area contributed by atoms with Gasteiger partial charge in [-0.05, 0) is 22.0 Å². The van der Waals surface area contributed by atoms with Crippen molar-refractivity contribution in [2.24, 2.45) is 0 Å². The molecule has 0 aliphatic carbocycles. The molecule has 0 atom stereocenters. The van der Waals surface area contributed by atoms with Crippen LogP contribution < -0.4 is 0 Å². The number of hydrogen-bond acceptors (Lipinski definition) is 3. The normalized spacial score (nSPS) is 10.4. The first kappa shape index (κ1) is 7.49. The fourth-order valence-corrected chi connectivity index (χ4v) is 1.52. The van der Waals surface area contributed by atoms with Crippen molar-refractivity contribution < 1.29 is 5.11 Å². The van der Waals surface area contributed by atoms with Gasteiger partial charge in [0, 0.05) is 5.39 Å². The molecule has 0 aliphatic rings. The summed E-state index contributed by atoms with van der Waals surface area (Å²) in [6.45, 7) is 0. The molecule has 2 aromatic rings. The molecule has 0 amide bonds. The van der Waals surface area contributed by atoms with E-state index in [-0.39, 0.29) is 6.01 Å². The molecular formula is C8H5BrN2O. The van der Waals surface area contributed by atoms with Crippen molar-refractivity contribution in [3.05, 3.63) is 28.9 Å².